The second kappa shape index (κ2) is 4.30. The van der Waals surface area contributed by atoms with Crippen LogP contribution in [0.25, 0.3) is 0 Å². The SMILES string of the molecule is O=C1CS(=O)c2ccc(S(=O)(=O)C(F)(F)F)cc2N1. The van der Waals surface area contributed by atoms with Crippen molar-refractivity contribution >= 4 is 32.2 Å². The van der Waals surface area contributed by atoms with E-state index in [-0.39, 0.29) is 16.3 Å². The van der Waals surface area contributed by atoms with Gasteiger partial charge in [0.2, 0.25) is 5.91 Å². The number of sulfone groups is 1. The van der Waals surface area contributed by atoms with Crippen LogP contribution in [0.1, 0.15) is 0 Å². The van der Waals surface area contributed by atoms with Crippen LogP contribution in [0.5, 0.6) is 0 Å². The van der Waals surface area contributed by atoms with Crippen molar-refractivity contribution in [3.63, 3.8) is 0 Å². The lowest BCUT2D eigenvalue weighted by atomic mass is 10.3. The Morgan fingerprint density at radius 3 is 2.47 bits per heavy atom. The second-order valence-corrected chi connectivity index (χ2v) is 7.01. The van der Waals surface area contributed by atoms with E-state index in [4.69, 9.17) is 0 Å². The molecular formula is C9H6F3NO4S2. The molecule has 0 saturated heterocycles. The van der Waals surface area contributed by atoms with Crippen LogP contribution < -0.4 is 5.32 Å². The molecule has 2 rings (SSSR count). The summed E-state index contributed by atoms with van der Waals surface area (Å²) in [6.07, 6.45) is 0. The van der Waals surface area contributed by atoms with Crippen LogP contribution in [0, 0.1) is 0 Å². The molecule has 0 aliphatic carbocycles. The van der Waals surface area contributed by atoms with Crippen molar-refractivity contribution in [2.75, 3.05) is 11.1 Å². The average molecular weight is 313 g/mol. The number of rotatable bonds is 1. The number of amides is 1. The van der Waals surface area contributed by atoms with E-state index < -0.39 is 36.9 Å². The Balaban J connectivity index is 2.57. The number of hydrogen-bond donors (Lipinski definition) is 1. The monoisotopic (exact) mass is 313 g/mol. The zero-order valence-electron chi connectivity index (χ0n) is 9.02. The van der Waals surface area contributed by atoms with Crippen LogP contribution in [0.15, 0.2) is 28.0 Å². The summed E-state index contributed by atoms with van der Waals surface area (Å²) in [5.74, 6) is -0.953. The van der Waals surface area contributed by atoms with Crippen molar-refractivity contribution in [3.05, 3.63) is 18.2 Å². The highest BCUT2D eigenvalue weighted by Crippen LogP contribution is 2.34. The Morgan fingerprint density at radius 2 is 1.89 bits per heavy atom. The molecule has 0 aromatic heterocycles. The van der Waals surface area contributed by atoms with E-state index in [0.29, 0.717) is 6.07 Å². The summed E-state index contributed by atoms with van der Waals surface area (Å²) in [4.78, 5) is 10.2. The summed E-state index contributed by atoms with van der Waals surface area (Å²) in [6, 6.07) is 2.38. The van der Waals surface area contributed by atoms with Crippen molar-refractivity contribution < 1.29 is 30.6 Å². The van der Waals surface area contributed by atoms with E-state index >= 15 is 0 Å². The predicted molar refractivity (Wildman–Crippen MR) is 59.6 cm³/mol. The molecule has 1 atom stereocenters. The van der Waals surface area contributed by atoms with Gasteiger partial charge in [-0.05, 0) is 18.2 Å². The Labute approximate surface area is 108 Å². The van der Waals surface area contributed by atoms with Gasteiger partial charge in [0, 0.05) is 0 Å². The van der Waals surface area contributed by atoms with E-state index in [2.05, 4.69) is 5.32 Å². The van der Waals surface area contributed by atoms with Crippen molar-refractivity contribution in [2.45, 2.75) is 15.3 Å². The molecule has 104 valence electrons. The normalized spacial score (nSPS) is 19.7. The van der Waals surface area contributed by atoms with Crippen LogP contribution in [-0.2, 0) is 25.4 Å². The van der Waals surface area contributed by atoms with Crippen LogP contribution in [0.4, 0.5) is 18.9 Å². The van der Waals surface area contributed by atoms with Gasteiger partial charge >= 0.3 is 5.51 Å². The molecule has 10 heteroatoms. The molecule has 0 spiro atoms. The molecule has 1 aliphatic heterocycles. The van der Waals surface area contributed by atoms with Gasteiger partial charge in [-0.25, -0.2) is 8.42 Å². The maximum atomic E-state index is 12.4. The Bertz CT molecular complexity index is 681. The number of hydrogen-bond acceptors (Lipinski definition) is 4. The van der Waals surface area contributed by atoms with Gasteiger partial charge in [0.05, 0.1) is 26.3 Å². The third-order valence-electron chi connectivity index (χ3n) is 2.35. The lowest BCUT2D eigenvalue weighted by Crippen LogP contribution is -2.27. The van der Waals surface area contributed by atoms with Crippen molar-refractivity contribution in [2.24, 2.45) is 0 Å². The molecule has 5 nitrogen and oxygen atoms in total. The fourth-order valence-electron chi connectivity index (χ4n) is 1.49. The fraction of sp³-hybridized carbons (Fsp3) is 0.222. The molecular weight excluding hydrogens is 307 g/mol. The van der Waals surface area contributed by atoms with Gasteiger partial charge in [0.15, 0.2) is 0 Å². The molecule has 1 aliphatic rings. The zero-order chi connectivity index (χ0) is 14.4. The lowest BCUT2D eigenvalue weighted by molar-refractivity contribution is -0.114. The first-order valence-corrected chi connectivity index (χ1v) is 7.57. The van der Waals surface area contributed by atoms with Crippen LogP contribution in [0.2, 0.25) is 0 Å². The molecule has 19 heavy (non-hydrogen) atoms. The minimum absolute atomic E-state index is 0.0979. The van der Waals surface area contributed by atoms with E-state index in [1.54, 1.807) is 0 Å². The number of fused-ring (bicyclic) bond motifs is 1. The Morgan fingerprint density at radius 1 is 1.26 bits per heavy atom. The summed E-state index contributed by atoms with van der Waals surface area (Å²) in [6.45, 7) is 0. The predicted octanol–water partition coefficient (Wildman–Crippen LogP) is 1.04. The summed E-state index contributed by atoms with van der Waals surface area (Å²) in [5, 5.41) is 2.19. The average Bonchev–Trinajstić information content (AvgIpc) is 2.26. The summed E-state index contributed by atoms with van der Waals surface area (Å²) >= 11 is 0. The van der Waals surface area contributed by atoms with Crippen LogP contribution >= 0.6 is 0 Å². The first kappa shape index (κ1) is 14.0. The molecule has 1 unspecified atom stereocenters. The minimum atomic E-state index is -5.50. The third-order valence-corrected chi connectivity index (χ3v) is 5.20. The van der Waals surface area contributed by atoms with E-state index in [9.17, 15) is 30.6 Å². The molecule has 0 bridgehead atoms. The molecule has 0 saturated carbocycles. The molecule has 1 amide bonds. The molecule has 1 aromatic rings. The van der Waals surface area contributed by atoms with E-state index in [1.807, 2.05) is 0 Å². The number of halogens is 3. The molecule has 0 fully saturated rings. The van der Waals surface area contributed by atoms with Gasteiger partial charge in [0.25, 0.3) is 9.84 Å². The van der Waals surface area contributed by atoms with Crippen LogP contribution in [0.3, 0.4) is 0 Å². The Kier molecular flexibility index (Phi) is 3.17. The largest absolute Gasteiger partial charge is 0.501 e. The van der Waals surface area contributed by atoms with Crippen molar-refractivity contribution in [3.8, 4) is 0 Å². The number of nitrogens with one attached hydrogen (secondary N) is 1. The quantitative estimate of drug-likeness (QED) is 0.840. The molecule has 0 radical (unpaired) electrons. The maximum Gasteiger partial charge on any atom is 0.501 e. The lowest BCUT2D eigenvalue weighted by Gasteiger charge is -2.17. The standard InChI is InChI=1S/C9H6F3NO4S2/c10-9(11,12)19(16,17)5-1-2-7-6(3-5)13-8(14)4-18(7)15/h1-3H,4H2,(H,13,14). The zero-order valence-corrected chi connectivity index (χ0v) is 10.7. The van der Waals surface area contributed by atoms with E-state index in [1.165, 1.54) is 0 Å². The van der Waals surface area contributed by atoms with Gasteiger partial charge in [-0.1, -0.05) is 0 Å². The fourth-order valence-corrected chi connectivity index (χ4v) is 3.32. The van der Waals surface area contributed by atoms with Crippen molar-refractivity contribution in [1.82, 2.24) is 0 Å². The summed E-state index contributed by atoms with van der Waals surface area (Å²) in [7, 11) is -7.18. The first-order chi connectivity index (χ1) is 8.63. The van der Waals surface area contributed by atoms with Gasteiger partial charge in [-0.3, -0.25) is 9.00 Å². The molecule has 1 N–H and O–H groups in total. The second-order valence-electron chi connectivity index (χ2n) is 3.65. The third kappa shape index (κ3) is 2.37. The smallest absolute Gasteiger partial charge is 0.324 e. The van der Waals surface area contributed by atoms with Gasteiger partial charge in [-0.2, -0.15) is 13.2 Å². The molecule has 1 aromatic carbocycles. The van der Waals surface area contributed by atoms with Gasteiger partial charge < -0.3 is 5.32 Å². The van der Waals surface area contributed by atoms with Gasteiger partial charge in [0.1, 0.15) is 5.75 Å². The van der Waals surface area contributed by atoms with E-state index in [0.717, 1.165) is 12.1 Å². The maximum absolute atomic E-state index is 12.4. The summed E-state index contributed by atoms with van der Waals surface area (Å²) < 4.78 is 71.0. The molecule has 1 heterocycles. The Hall–Kier alpha value is -1.42. The highest BCUT2D eigenvalue weighted by atomic mass is 32.2. The number of benzene rings is 1. The highest BCUT2D eigenvalue weighted by Gasteiger charge is 2.47. The number of alkyl halides is 3. The minimum Gasteiger partial charge on any atom is -0.324 e. The summed E-state index contributed by atoms with van der Waals surface area (Å²) in [5.41, 5.74) is -5.61. The first-order valence-electron chi connectivity index (χ1n) is 4.76. The van der Waals surface area contributed by atoms with Gasteiger partial charge in [-0.15, -0.1) is 0 Å². The highest BCUT2D eigenvalue weighted by molar-refractivity contribution is 7.92. The topological polar surface area (TPSA) is 80.3 Å². The number of carbonyl (C=O) groups excluding carboxylic acids is 1. The van der Waals surface area contributed by atoms with Crippen LogP contribution in [-0.4, -0.2) is 29.8 Å². The number of anilines is 1. The van der Waals surface area contributed by atoms with Crippen molar-refractivity contribution in [1.29, 1.82) is 0 Å². The number of carbonyl (C=O) groups is 1.